The fourth-order valence-electron chi connectivity index (χ4n) is 2.33. The number of amides is 1. The van der Waals surface area contributed by atoms with Gasteiger partial charge in [-0.2, -0.15) is 0 Å². The van der Waals surface area contributed by atoms with Crippen LogP contribution < -0.4 is 5.43 Å². The number of rotatable bonds is 4. The molecule has 2 aromatic carbocycles. The highest BCUT2D eigenvalue weighted by molar-refractivity contribution is 7.89. The first-order chi connectivity index (χ1) is 10.9. The molecular weight excluding hydrogens is 314 g/mol. The summed E-state index contributed by atoms with van der Waals surface area (Å²) in [6.07, 6.45) is 2.69. The van der Waals surface area contributed by atoms with E-state index in [0.29, 0.717) is 11.1 Å². The maximum absolute atomic E-state index is 12.4. The average molecular weight is 329 g/mol. The van der Waals surface area contributed by atoms with E-state index >= 15 is 0 Å². The second kappa shape index (κ2) is 5.85. The fraction of sp³-hybridized carbons (Fsp3) is 0.125. The minimum absolute atomic E-state index is 0.0951. The van der Waals surface area contributed by atoms with Crippen LogP contribution in [-0.4, -0.2) is 30.2 Å². The first-order valence-corrected chi connectivity index (χ1v) is 8.98. The second-order valence-corrected chi connectivity index (χ2v) is 7.45. The van der Waals surface area contributed by atoms with E-state index in [9.17, 15) is 13.2 Å². The highest BCUT2D eigenvalue weighted by Gasteiger charge is 2.11. The van der Waals surface area contributed by atoms with Crippen LogP contribution in [0.3, 0.4) is 0 Å². The molecule has 118 valence electrons. The lowest BCUT2D eigenvalue weighted by Gasteiger charge is -2.08. The third-order valence-electron chi connectivity index (χ3n) is 3.29. The van der Waals surface area contributed by atoms with E-state index in [0.717, 1.165) is 17.3 Å². The van der Waals surface area contributed by atoms with Gasteiger partial charge in [-0.25, -0.2) is 18.1 Å². The standard InChI is InChI=1S/C16H15N3O3S/c1-23(21,22)10-12-5-4-6-13(9-12)16(20)18-19-11-17-14-7-2-3-8-15(14)19/h2-9,11H,10H2,1H3,(H,18,20). The molecule has 3 aromatic rings. The van der Waals surface area contributed by atoms with Gasteiger partial charge in [0.2, 0.25) is 0 Å². The van der Waals surface area contributed by atoms with Crippen LogP contribution in [-0.2, 0) is 15.6 Å². The molecule has 0 aliphatic rings. The number of fused-ring (bicyclic) bond motifs is 1. The van der Waals surface area contributed by atoms with Gasteiger partial charge in [0.25, 0.3) is 5.91 Å². The predicted molar refractivity (Wildman–Crippen MR) is 88.4 cm³/mol. The summed E-state index contributed by atoms with van der Waals surface area (Å²) in [4.78, 5) is 16.6. The van der Waals surface area contributed by atoms with E-state index in [4.69, 9.17) is 0 Å². The van der Waals surface area contributed by atoms with Crippen LogP contribution in [0, 0.1) is 0 Å². The van der Waals surface area contributed by atoms with Crippen molar-refractivity contribution in [1.29, 1.82) is 0 Å². The van der Waals surface area contributed by atoms with Gasteiger partial charge < -0.3 is 0 Å². The van der Waals surface area contributed by atoms with Crippen molar-refractivity contribution >= 4 is 26.8 Å². The Morgan fingerprint density at radius 3 is 2.74 bits per heavy atom. The molecule has 1 N–H and O–H groups in total. The van der Waals surface area contributed by atoms with Crippen LogP contribution in [0.25, 0.3) is 11.0 Å². The van der Waals surface area contributed by atoms with Crippen LogP contribution in [0.5, 0.6) is 0 Å². The number of aromatic nitrogens is 2. The van der Waals surface area contributed by atoms with E-state index in [-0.39, 0.29) is 11.7 Å². The molecule has 0 atom stereocenters. The second-order valence-electron chi connectivity index (χ2n) is 5.31. The number of sulfone groups is 1. The summed E-state index contributed by atoms with van der Waals surface area (Å²) in [7, 11) is -3.15. The lowest BCUT2D eigenvalue weighted by atomic mass is 10.1. The number of hydrogen-bond acceptors (Lipinski definition) is 4. The van der Waals surface area contributed by atoms with Crippen molar-refractivity contribution in [2.24, 2.45) is 0 Å². The lowest BCUT2D eigenvalue weighted by Crippen LogP contribution is -2.22. The Morgan fingerprint density at radius 2 is 1.96 bits per heavy atom. The summed E-state index contributed by atoms with van der Waals surface area (Å²) in [5.41, 5.74) is 5.27. The van der Waals surface area contributed by atoms with Crippen LogP contribution in [0.4, 0.5) is 0 Å². The molecule has 3 rings (SSSR count). The quantitative estimate of drug-likeness (QED) is 0.793. The molecule has 0 saturated carbocycles. The van der Waals surface area contributed by atoms with Gasteiger partial charge in [-0.15, -0.1) is 0 Å². The maximum Gasteiger partial charge on any atom is 0.270 e. The summed E-state index contributed by atoms with van der Waals surface area (Å²) in [6, 6.07) is 14.0. The summed E-state index contributed by atoms with van der Waals surface area (Å²) in [6.45, 7) is 0. The van der Waals surface area contributed by atoms with Gasteiger partial charge in [0, 0.05) is 11.8 Å². The van der Waals surface area contributed by atoms with Gasteiger partial charge in [0.05, 0.1) is 16.8 Å². The van der Waals surface area contributed by atoms with E-state index in [2.05, 4.69) is 10.4 Å². The molecule has 23 heavy (non-hydrogen) atoms. The minimum Gasteiger partial charge on any atom is -0.267 e. The first-order valence-electron chi connectivity index (χ1n) is 6.92. The number of nitrogens with zero attached hydrogens (tertiary/aromatic N) is 2. The topological polar surface area (TPSA) is 81.1 Å². The molecule has 0 fully saturated rings. The van der Waals surface area contributed by atoms with Crippen molar-refractivity contribution in [3.8, 4) is 0 Å². The Bertz CT molecular complexity index is 977. The molecule has 1 amide bonds. The predicted octanol–water partition coefficient (Wildman–Crippen LogP) is 1.96. The van der Waals surface area contributed by atoms with Crippen LogP contribution >= 0.6 is 0 Å². The molecule has 0 aliphatic carbocycles. The number of nitrogens with one attached hydrogen (secondary N) is 1. The monoisotopic (exact) mass is 329 g/mol. The van der Waals surface area contributed by atoms with Crippen molar-refractivity contribution in [1.82, 2.24) is 9.66 Å². The van der Waals surface area contributed by atoms with Crippen molar-refractivity contribution < 1.29 is 13.2 Å². The van der Waals surface area contributed by atoms with Crippen molar-refractivity contribution in [2.45, 2.75) is 5.75 Å². The van der Waals surface area contributed by atoms with Crippen LogP contribution in [0.1, 0.15) is 15.9 Å². The van der Waals surface area contributed by atoms with Gasteiger partial charge >= 0.3 is 0 Å². The number of carbonyl (C=O) groups excluding carboxylic acids is 1. The van der Waals surface area contributed by atoms with Crippen LogP contribution in [0.2, 0.25) is 0 Å². The highest BCUT2D eigenvalue weighted by atomic mass is 32.2. The molecule has 0 saturated heterocycles. The Morgan fingerprint density at radius 1 is 1.17 bits per heavy atom. The molecule has 1 aromatic heterocycles. The number of hydrogen-bond donors (Lipinski definition) is 1. The minimum atomic E-state index is -3.15. The molecule has 0 spiro atoms. The van der Waals surface area contributed by atoms with E-state index < -0.39 is 9.84 Å². The Labute approximate surface area is 133 Å². The summed E-state index contributed by atoms with van der Waals surface area (Å²) in [5.74, 6) is -0.425. The third-order valence-corrected chi connectivity index (χ3v) is 4.15. The highest BCUT2D eigenvalue weighted by Crippen LogP contribution is 2.12. The molecule has 0 unspecified atom stereocenters. The molecule has 0 aliphatic heterocycles. The zero-order valence-electron chi connectivity index (χ0n) is 12.4. The number of carbonyl (C=O) groups is 1. The number of imidazole rings is 1. The lowest BCUT2D eigenvalue weighted by molar-refractivity contribution is 0.101. The number of benzene rings is 2. The molecule has 1 heterocycles. The molecular formula is C16H15N3O3S. The largest absolute Gasteiger partial charge is 0.270 e. The smallest absolute Gasteiger partial charge is 0.267 e. The summed E-state index contributed by atoms with van der Waals surface area (Å²) >= 11 is 0. The van der Waals surface area contributed by atoms with Crippen LogP contribution in [0.15, 0.2) is 54.9 Å². The maximum atomic E-state index is 12.4. The van der Waals surface area contributed by atoms with Crippen molar-refractivity contribution in [3.05, 3.63) is 66.0 Å². The van der Waals surface area contributed by atoms with Crippen molar-refractivity contribution in [3.63, 3.8) is 0 Å². The van der Waals surface area contributed by atoms with Crippen molar-refractivity contribution in [2.75, 3.05) is 11.7 Å². The van der Waals surface area contributed by atoms with Gasteiger partial charge in [-0.05, 0) is 29.8 Å². The normalized spacial score (nSPS) is 11.5. The summed E-state index contributed by atoms with van der Waals surface area (Å²) in [5, 5.41) is 0. The molecule has 0 bridgehead atoms. The Balaban J connectivity index is 1.85. The van der Waals surface area contributed by atoms with E-state index in [1.54, 1.807) is 28.9 Å². The van der Waals surface area contributed by atoms with E-state index in [1.165, 1.54) is 6.33 Å². The van der Waals surface area contributed by atoms with Gasteiger partial charge in [0.1, 0.15) is 6.33 Å². The van der Waals surface area contributed by atoms with Gasteiger partial charge in [-0.1, -0.05) is 24.3 Å². The molecule has 0 radical (unpaired) electrons. The van der Waals surface area contributed by atoms with Gasteiger partial charge in [0.15, 0.2) is 9.84 Å². The average Bonchev–Trinajstić information content (AvgIpc) is 2.89. The van der Waals surface area contributed by atoms with E-state index in [1.807, 2.05) is 24.3 Å². The zero-order chi connectivity index (χ0) is 16.4. The third kappa shape index (κ3) is 3.57. The summed E-state index contributed by atoms with van der Waals surface area (Å²) < 4.78 is 24.3. The fourth-order valence-corrected chi connectivity index (χ4v) is 3.11. The molecule has 6 nitrogen and oxygen atoms in total. The molecule has 7 heteroatoms. The SMILES string of the molecule is CS(=O)(=O)Cc1cccc(C(=O)Nn2cnc3ccccc32)c1. The first kappa shape index (κ1) is 15.2. The number of para-hydroxylation sites is 2. The van der Waals surface area contributed by atoms with Gasteiger partial charge in [-0.3, -0.25) is 10.2 Å². The Hall–Kier alpha value is -2.67. The Kier molecular flexibility index (Phi) is 3.87. The zero-order valence-corrected chi connectivity index (χ0v) is 13.2.